The number of aliphatic hydroxyl groups is 1. The fraction of sp³-hybridized carbons (Fsp3) is 0.0500. The zero-order valence-corrected chi connectivity index (χ0v) is 13.1. The predicted octanol–water partition coefficient (Wildman–Crippen LogP) is 4.34. The average molecular weight is 320 g/mol. The third kappa shape index (κ3) is 2.94. The Hall–Kier alpha value is -3.27. The number of hydrogen-bond acceptors (Lipinski definition) is 4. The Morgan fingerprint density at radius 2 is 1.71 bits per heavy atom. The highest BCUT2D eigenvalue weighted by Gasteiger charge is 2.13. The van der Waals surface area contributed by atoms with E-state index in [9.17, 15) is 15.0 Å². The molecule has 0 saturated heterocycles. The molecule has 0 radical (unpaired) electrons. The summed E-state index contributed by atoms with van der Waals surface area (Å²) in [6.45, 7) is 0. The van der Waals surface area contributed by atoms with Crippen molar-refractivity contribution in [2.45, 2.75) is 0 Å². The maximum absolute atomic E-state index is 12.4. The van der Waals surface area contributed by atoms with Gasteiger partial charge in [0.1, 0.15) is 17.3 Å². The quantitative estimate of drug-likeness (QED) is 0.426. The van der Waals surface area contributed by atoms with E-state index in [1.807, 2.05) is 12.1 Å². The zero-order chi connectivity index (χ0) is 17.1. The largest absolute Gasteiger partial charge is 0.507 e. The van der Waals surface area contributed by atoms with Crippen LogP contribution in [0.4, 0.5) is 0 Å². The first-order chi connectivity index (χ1) is 11.6. The normalized spacial score (nSPS) is 11.5. The van der Waals surface area contributed by atoms with Gasteiger partial charge in [-0.15, -0.1) is 0 Å². The van der Waals surface area contributed by atoms with Crippen LogP contribution in [0.3, 0.4) is 0 Å². The first kappa shape index (κ1) is 15.6. The first-order valence-corrected chi connectivity index (χ1v) is 7.40. The van der Waals surface area contributed by atoms with Crippen LogP contribution in [0.5, 0.6) is 11.5 Å². The molecule has 0 aliphatic rings. The standard InChI is InChI=1S/C20H16O4/c1-24-15-9-6-14(7-10-15)18(21)12-19(22)17-11-8-13-4-2-3-5-16(13)20(17)23/h2-12,21,23H,1H3. The molecule has 0 atom stereocenters. The third-order valence-electron chi connectivity index (χ3n) is 3.82. The van der Waals surface area contributed by atoms with E-state index in [-0.39, 0.29) is 17.1 Å². The van der Waals surface area contributed by atoms with Crippen molar-refractivity contribution in [2.24, 2.45) is 0 Å². The number of hydrogen-bond donors (Lipinski definition) is 2. The number of aromatic hydroxyl groups is 1. The highest BCUT2D eigenvalue weighted by Crippen LogP contribution is 2.29. The van der Waals surface area contributed by atoms with Gasteiger partial charge in [0.05, 0.1) is 12.7 Å². The number of allylic oxidation sites excluding steroid dienone is 1. The van der Waals surface area contributed by atoms with Gasteiger partial charge < -0.3 is 14.9 Å². The number of aliphatic hydroxyl groups excluding tert-OH is 1. The SMILES string of the molecule is COc1ccc(C(O)=CC(=O)c2ccc3ccccc3c2O)cc1. The van der Waals surface area contributed by atoms with E-state index in [1.54, 1.807) is 55.6 Å². The van der Waals surface area contributed by atoms with Crippen LogP contribution in [0.2, 0.25) is 0 Å². The molecule has 0 spiro atoms. The lowest BCUT2D eigenvalue weighted by Gasteiger charge is -2.06. The number of carbonyl (C=O) groups excluding carboxylic acids is 1. The Balaban J connectivity index is 1.94. The van der Waals surface area contributed by atoms with Crippen LogP contribution in [0.1, 0.15) is 15.9 Å². The second-order valence-electron chi connectivity index (χ2n) is 5.31. The van der Waals surface area contributed by atoms with Crippen molar-refractivity contribution in [3.63, 3.8) is 0 Å². The number of rotatable bonds is 4. The minimum Gasteiger partial charge on any atom is -0.507 e. The van der Waals surface area contributed by atoms with Crippen LogP contribution in [-0.2, 0) is 0 Å². The Bertz CT molecular complexity index is 924. The molecule has 4 nitrogen and oxygen atoms in total. The molecule has 0 amide bonds. The molecular formula is C20H16O4. The maximum atomic E-state index is 12.4. The van der Waals surface area contributed by atoms with Gasteiger partial charge in [-0.05, 0) is 35.7 Å². The van der Waals surface area contributed by atoms with Crippen molar-refractivity contribution in [1.29, 1.82) is 0 Å². The Morgan fingerprint density at radius 1 is 1.00 bits per heavy atom. The molecule has 3 aromatic rings. The van der Waals surface area contributed by atoms with Crippen LogP contribution >= 0.6 is 0 Å². The molecule has 24 heavy (non-hydrogen) atoms. The summed E-state index contributed by atoms with van der Waals surface area (Å²) in [6.07, 6.45) is 1.10. The van der Waals surface area contributed by atoms with Crippen LogP contribution in [0.25, 0.3) is 16.5 Å². The first-order valence-electron chi connectivity index (χ1n) is 7.40. The van der Waals surface area contributed by atoms with Gasteiger partial charge in [-0.25, -0.2) is 0 Å². The molecule has 4 heteroatoms. The summed E-state index contributed by atoms with van der Waals surface area (Å²) >= 11 is 0. The highest BCUT2D eigenvalue weighted by molar-refractivity contribution is 6.12. The van der Waals surface area contributed by atoms with E-state index < -0.39 is 5.78 Å². The van der Waals surface area contributed by atoms with Crippen molar-refractivity contribution < 1.29 is 19.7 Å². The molecule has 3 aromatic carbocycles. The average Bonchev–Trinajstić information content (AvgIpc) is 2.62. The predicted molar refractivity (Wildman–Crippen MR) is 93.5 cm³/mol. The van der Waals surface area contributed by atoms with Crippen molar-refractivity contribution >= 4 is 22.3 Å². The Kier molecular flexibility index (Phi) is 4.20. The van der Waals surface area contributed by atoms with Gasteiger partial charge in [0.15, 0.2) is 5.78 Å². The molecule has 0 aromatic heterocycles. The number of fused-ring (bicyclic) bond motifs is 1. The fourth-order valence-electron chi connectivity index (χ4n) is 2.50. The van der Waals surface area contributed by atoms with Crippen LogP contribution in [-0.4, -0.2) is 23.1 Å². The number of phenols is 1. The van der Waals surface area contributed by atoms with Gasteiger partial charge in [-0.1, -0.05) is 30.3 Å². The molecule has 0 aliphatic carbocycles. The van der Waals surface area contributed by atoms with Crippen LogP contribution in [0.15, 0.2) is 66.7 Å². The highest BCUT2D eigenvalue weighted by atomic mass is 16.5. The molecule has 2 N–H and O–H groups in total. The molecule has 3 rings (SSSR count). The van der Waals surface area contributed by atoms with Crippen molar-refractivity contribution in [1.82, 2.24) is 0 Å². The lowest BCUT2D eigenvalue weighted by Crippen LogP contribution is -1.98. The van der Waals surface area contributed by atoms with Crippen molar-refractivity contribution in [2.75, 3.05) is 7.11 Å². The number of ether oxygens (including phenoxy) is 1. The van der Waals surface area contributed by atoms with Gasteiger partial charge in [0.2, 0.25) is 0 Å². The topological polar surface area (TPSA) is 66.8 Å². The monoisotopic (exact) mass is 320 g/mol. The number of methoxy groups -OCH3 is 1. The summed E-state index contributed by atoms with van der Waals surface area (Å²) in [5, 5.41) is 21.9. The molecule has 0 saturated carbocycles. The molecule has 0 aliphatic heterocycles. The van der Waals surface area contributed by atoms with E-state index in [0.717, 1.165) is 11.5 Å². The minimum atomic E-state index is -0.466. The smallest absolute Gasteiger partial charge is 0.193 e. The van der Waals surface area contributed by atoms with Crippen molar-refractivity contribution in [3.05, 3.63) is 77.9 Å². The van der Waals surface area contributed by atoms with E-state index in [0.29, 0.717) is 16.7 Å². The zero-order valence-electron chi connectivity index (χ0n) is 13.1. The van der Waals surface area contributed by atoms with Crippen LogP contribution in [0, 0.1) is 0 Å². The van der Waals surface area contributed by atoms with Gasteiger partial charge in [-0.2, -0.15) is 0 Å². The summed E-state index contributed by atoms with van der Waals surface area (Å²) < 4.78 is 5.05. The molecule has 0 bridgehead atoms. The van der Waals surface area contributed by atoms with E-state index in [4.69, 9.17) is 4.74 Å². The summed E-state index contributed by atoms with van der Waals surface area (Å²) in [4.78, 5) is 12.4. The summed E-state index contributed by atoms with van der Waals surface area (Å²) in [5.41, 5.74) is 0.637. The summed E-state index contributed by atoms with van der Waals surface area (Å²) in [6, 6.07) is 17.3. The molecule has 120 valence electrons. The van der Waals surface area contributed by atoms with Crippen molar-refractivity contribution in [3.8, 4) is 11.5 Å². The number of benzene rings is 3. The second kappa shape index (κ2) is 6.46. The number of ketones is 1. The van der Waals surface area contributed by atoms with E-state index in [1.165, 1.54) is 0 Å². The van der Waals surface area contributed by atoms with Gasteiger partial charge in [-0.3, -0.25) is 4.79 Å². The summed E-state index contributed by atoms with van der Waals surface area (Å²) in [5.74, 6) is -0.0660. The fourth-order valence-corrected chi connectivity index (χ4v) is 2.50. The van der Waals surface area contributed by atoms with Gasteiger partial charge in [0, 0.05) is 17.0 Å². The van der Waals surface area contributed by atoms with Gasteiger partial charge in [0.25, 0.3) is 0 Å². The van der Waals surface area contributed by atoms with E-state index in [2.05, 4.69) is 0 Å². The lowest BCUT2D eigenvalue weighted by molar-refractivity contribution is 0.104. The third-order valence-corrected chi connectivity index (χ3v) is 3.82. The van der Waals surface area contributed by atoms with E-state index >= 15 is 0 Å². The molecular weight excluding hydrogens is 304 g/mol. The number of carbonyl (C=O) groups is 1. The Morgan fingerprint density at radius 3 is 2.42 bits per heavy atom. The molecule has 0 heterocycles. The molecule has 0 fully saturated rings. The second-order valence-corrected chi connectivity index (χ2v) is 5.31. The maximum Gasteiger partial charge on any atom is 0.193 e. The minimum absolute atomic E-state index is 0.0862. The number of phenolic OH excluding ortho intramolecular Hbond substituents is 1. The van der Waals surface area contributed by atoms with Gasteiger partial charge >= 0.3 is 0 Å². The summed E-state index contributed by atoms with van der Waals surface area (Å²) in [7, 11) is 1.55. The molecule has 0 unspecified atom stereocenters. The lowest BCUT2D eigenvalue weighted by atomic mass is 10.0. The van der Waals surface area contributed by atoms with Crippen LogP contribution < -0.4 is 4.74 Å². The Labute approximate surface area is 139 Å².